The second-order valence-electron chi connectivity index (χ2n) is 17.8. The highest BCUT2D eigenvalue weighted by atomic mass is 28.3. The van der Waals surface area contributed by atoms with E-state index in [0.717, 1.165) is 33.2 Å². The van der Waals surface area contributed by atoms with Crippen LogP contribution in [0.5, 0.6) is 0 Å². The Hall–Kier alpha value is 0.354. The summed E-state index contributed by atoms with van der Waals surface area (Å²) in [6.45, 7) is 6.04. The molecular weight excluding hydrogens is 565 g/mol. The molecule has 0 spiro atoms. The molecular formula is C40H74N2Si2. The molecule has 0 aromatic rings. The van der Waals surface area contributed by atoms with Crippen LogP contribution in [0.25, 0.3) is 0 Å². The van der Waals surface area contributed by atoms with Crippen molar-refractivity contribution in [1.82, 2.24) is 9.13 Å². The first kappa shape index (κ1) is 32.9. The Bertz CT molecular complexity index is 672. The average Bonchev–Trinajstić information content (AvgIpc) is 3.12. The first-order valence-corrected chi connectivity index (χ1v) is 25.7. The van der Waals surface area contributed by atoms with Crippen molar-refractivity contribution in [3.63, 3.8) is 0 Å². The smallest absolute Gasteiger partial charge is 0.137 e. The monoisotopic (exact) mass is 639 g/mol. The van der Waals surface area contributed by atoms with Crippen LogP contribution in [0.3, 0.4) is 0 Å². The van der Waals surface area contributed by atoms with Crippen LogP contribution in [0.2, 0.25) is 33.2 Å². The number of piperazine rings is 1. The van der Waals surface area contributed by atoms with Crippen molar-refractivity contribution in [3.05, 3.63) is 0 Å². The third-order valence-corrected chi connectivity index (χ3v) is 30.3. The molecule has 2 nitrogen and oxygen atoms in total. The first-order valence-electron chi connectivity index (χ1n) is 21.3. The van der Waals surface area contributed by atoms with Crippen molar-refractivity contribution >= 4 is 16.5 Å². The maximum atomic E-state index is 3.49. The van der Waals surface area contributed by atoms with Crippen molar-refractivity contribution in [2.45, 2.75) is 226 Å². The lowest BCUT2D eigenvalue weighted by molar-refractivity contribution is 0.215. The zero-order valence-corrected chi connectivity index (χ0v) is 31.4. The molecule has 7 aliphatic rings. The van der Waals surface area contributed by atoms with Crippen LogP contribution < -0.4 is 0 Å². The Morgan fingerprint density at radius 3 is 0.545 bits per heavy atom. The Labute approximate surface area is 276 Å². The normalized spacial score (nSPS) is 30.5. The van der Waals surface area contributed by atoms with Crippen LogP contribution in [0, 0.1) is 0 Å². The van der Waals surface area contributed by atoms with Crippen molar-refractivity contribution in [3.8, 4) is 0 Å². The van der Waals surface area contributed by atoms with Crippen molar-refractivity contribution < 1.29 is 0 Å². The predicted molar refractivity (Wildman–Crippen MR) is 196 cm³/mol. The first-order chi connectivity index (χ1) is 21.8. The molecule has 4 heteroatoms. The van der Waals surface area contributed by atoms with Crippen LogP contribution in [0.4, 0.5) is 0 Å². The molecule has 6 aliphatic carbocycles. The summed E-state index contributed by atoms with van der Waals surface area (Å²) >= 11 is 0. The Morgan fingerprint density at radius 1 is 0.227 bits per heavy atom. The number of nitrogens with zero attached hydrogens (tertiary/aromatic N) is 2. The summed E-state index contributed by atoms with van der Waals surface area (Å²) in [5, 5.41) is 0. The van der Waals surface area contributed by atoms with Gasteiger partial charge in [-0.25, -0.2) is 0 Å². The fourth-order valence-corrected chi connectivity index (χ4v) is 31.5. The summed E-state index contributed by atoms with van der Waals surface area (Å²) in [6, 6.07) is 0. The van der Waals surface area contributed by atoms with Gasteiger partial charge in [0.2, 0.25) is 0 Å². The fraction of sp³-hybridized carbons (Fsp3) is 1.00. The molecule has 44 heavy (non-hydrogen) atoms. The summed E-state index contributed by atoms with van der Waals surface area (Å²) < 4.78 is 6.99. The highest BCUT2D eigenvalue weighted by Crippen LogP contribution is 2.61. The van der Waals surface area contributed by atoms with Crippen molar-refractivity contribution in [2.24, 2.45) is 0 Å². The van der Waals surface area contributed by atoms with Crippen molar-refractivity contribution in [2.75, 3.05) is 26.2 Å². The van der Waals surface area contributed by atoms with Gasteiger partial charge in [-0.3, -0.25) is 0 Å². The van der Waals surface area contributed by atoms with E-state index in [1.807, 2.05) is 0 Å². The molecule has 0 aromatic heterocycles. The largest absolute Gasteiger partial charge is 0.320 e. The van der Waals surface area contributed by atoms with Gasteiger partial charge in [-0.15, -0.1) is 0 Å². The van der Waals surface area contributed by atoms with Gasteiger partial charge in [0.05, 0.1) is 0 Å². The summed E-state index contributed by atoms with van der Waals surface area (Å²) in [6.07, 6.45) is 47.6. The maximum absolute atomic E-state index is 3.49. The molecule has 7 rings (SSSR count). The summed E-state index contributed by atoms with van der Waals surface area (Å²) in [5.41, 5.74) is 6.87. The predicted octanol–water partition coefficient (Wildman–Crippen LogP) is 12.5. The Kier molecular flexibility index (Phi) is 11.7. The molecule has 1 saturated heterocycles. The lowest BCUT2D eigenvalue weighted by Gasteiger charge is -2.63. The van der Waals surface area contributed by atoms with E-state index in [-0.39, 0.29) is 0 Å². The Morgan fingerprint density at radius 2 is 0.386 bits per heavy atom. The van der Waals surface area contributed by atoms with Crippen molar-refractivity contribution in [1.29, 1.82) is 0 Å². The Balaban J connectivity index is 1.22. The second-order valence-corrected chi connectivity index (χ2v) is 27.5. The third kappa shape index (κ3) is 6.40. The van der Waals surface area contributed by atoms with Crippen LogP contribution in [0.15, 0.2) is 0 Å². The van der Waals surface area contributed by atoms with E-state index >= 15 is 0 Å². The number of hydrogen-bond acceptors (Lipinski definition) is 2. The molecule has 252 valence electrons. The summed E-state index contributed by atoms with van der Waals surface area (Å²) in [5.74, 6) is 0. The highest BCUT2D eigenvalue weighted by Gasteiger charge is 2.60. The van der Waals surface area contributed by atoms with Crippen LogP contribution in [-0.4, -0.2) is 51.8 Å². The molecule has 0 N–H and O–H groups in total. The van der Waals surface area contributed by atoms with E-state index in [9.17, 15) is 0 Å². The topological polar surface area (TPSA) is 6.48 Å². The van der Waals surface area contributed by atoms with Gasteiger partial charge in [0.25, 0.3) is 0 Å². The van der Waals surface area contributed by atoms with Gasteiger partial charge in [0.1, 0.15) is 16.5 Å². The molecule has 0 aromatic carbocycles. The number of rotatable bonds is 8. The minimum absolute atomic E-state index is 1.14. The molecule has 0 bridgehead atoms. The maximum Gasteiger partial charge on any atom is 0.137 e. The third-order valence-electron chi connectivity index (χ3n) is 15.9. The molecule has 6 saturated carbocycles. The quantitative estimate of drug-likeness (QED) is 0.244. The molecule has 1 aliphatic heterocycles. The van der Waals surface area contributed by atoms with E-state index < -0.39 is 16.5 Å². The van der Waals surface area contributed by atoms with Gasteiger partial charge in [0, 0.05) is 26.2 Å². The average molecular weight is 639 g/mol. The van der Waals surface area contributed by atoms with E-state index in [0.29, 0.717) is 0 Å². The standard InChI is InChI=1S/C40H74N2Si2/c1-7-19-35(20-8-1)43(36-21-9-2-10-22-36,37-23-11-3-12-24-37)41-31-33-42(34-32-41)44(38-25-13-4-14-26-38,39-27-15-5-16-28-39)40-29-17-6-18-30-40/h35-40H,1-34H2. The van der Waals surface area contributed by atoms with Gasteiger partial charge in [0.15, 0.2) is 0 Å². The van der Waals surface area contributed by atoms with E-state index in [2.05, 4.69) is 9.13 Å². The van der Waals surface area contributed by atoms with Gasteiger partial charge in [-0.2, -0.15) is 0 Å². The zero-order chi connectivity index (χ0) is 29.7. The molecule has 0 atom stereocenters. The minimum Gasteiger partial charge on any atom is -0.320 e. The van der Waals surface area contributed by atoms with Crippen LogP contribution >= 0.6 is 0 Å². The molecule has 0 amide bonds. The van der Waals surface area contributed by atoms with Gasteiger partial charge in [-0.1, -0.05) is 193 Å². The fourth-order valence-electron chi connectivity index (χ4n) is 14.4. The lowest BCUT2D eigenvalue weighted by atomic mass is 9.98. The second kappa shape index (κ2) is 15.7. The molecule has 7 fully saturated rings. The lowest BCUT2D eigenvalue weighted by Crippen LogP contribution is -2.72. The molecule has 0 unspecified atom stereocenters. The zero-order valence-electron chi connectivity index (χ0n) is 29.4. The van der Waals surface area contributed by atoms with Gasteiger partial charge in [-0.05, 0) is 33.2 Å². The van der Waals surface area contributed by atoms with E-state index in [1.54, 1.807) is 193 Å². The number of hydrogen-bond donors (Lipinski definition) is 0. The van der Waals surface area contributed by atoms with Gasteiger partial charge < -0.3 is 9.13 Å². The van der Waals surface area contributed by atoms with Gasteiger partial charge >= 0.3 is 0 Å². The summed E-state index contributed by atoms with van der Waals surface area (Å²) in [4.78, 5) is 0. The SMILES string of the molecule is C1CCC([Si](C2CCCCC2)(C2CCCCC2)N2CCN([Si](C3CCCCC3)(C3CCCCC3)C3CCCCC3)CC2)CC1. The van der Waals surface area contributed by atoms with Crippen LogP contribution in [-0.2, 0) is 0 Å². The van der Waals surface area contributed by atoms with Crippen LogP contribution in [0.1, 0.15) is 193 Å². The summed E-state index contributed by atoms with van der Waals surface area (Å²) in [7, 11) is -3.15. The van der Waals surface area contributed by atoms with E-state index in [1.165, 1.54) is 26.2 Å². The van der Waals surface area contributed by atoms with E-state index in [4.69, 9.17) is 0 Å². The molecule has 0 radical (unpaired) electrons. The molecule has 1 heterocycles. The minimum atomic E-state index is -1.58. The highest BCUT2D eigenvalue weighted by molar-refractivity contribution is 6.82.